The SMILES string of the molecule is COC(=O)c1cc(C2CC2)nc2c1c(-c1ccc(Cl)cc1)nn2[C@@H]1CCS(=O)(=O)C1. The van der Waals surface area contributed by atoms with E-state index < -0.39 is 15.8 Å². The Hall–Kier alpha value is -2.45. The standard InChI is InChI=1S/C21H20ClN3O4S/c1-29-21(26)16-10-17(12-2-3-12)23-20-18(16)19(13-4-6-14(22)7-5-13)24-25(20)15-8-9-30(27,28)11-15/h4-7,10,12,15H,2-3,8-9,11H2,1H3/t15-/m1/s1. The van der Waals surface area contributed by atoms with Gasteiger partial charge in [-0.3, -0.25) is 0 Å². The maximum atomic E-state index is 12.7. The zero-order chi connectivity index (χ0) is 21.0. The molecule has 1 saturated carbocycles. The van der Waals surface area contributed by atoms with Crippen LogP contribution in [-0.4, -0.2) is 47.8 Å². The number of carbonyl (C=O) groups excluding carboxylic acids is 1. The topological polar surface area (TPSA) is 91.2 Å². The molecule has 7 nitrogen and oxygen atoms in total. The van der Waals surface area contributed by atoms with Crippen molar-refractivity contribution >= 4 is 38.4 Å². The fourth-order valence-electron chi connectivity index (χ4n) is 4.05. The summed E-state index contributed by atoms with van der Waals surface area (Å²) in [4.78, 5) is 17.5. The van der Waals surface area contributed by atoms with Crippen LogP contribution in [0.2, 0.25) is 5.02 Å². The van der Waals surface area contributed by atoms with Crippen LogP contribution in [0.4, 0.5) is 0 Å². The van der Waals surface area contributed by atoms with E-state index in [1.165, 1.54) is 7.11 Å². The van der Waals surface area contributed by atoms with E-state index in [-0.39, 0.29) is 17.5 Å². The summed E-state index contributed by atoms with van der Waals surface area (Å²) in [5.74, 6) is -0.000605. The molecule has 0 N–H and O–H groups in total. The third kappa shape index (κ3) is 3.37. The number of halogens is 1. The van der Waals surface area contributed by atoms with Crippen LogP contribution >= 0.6 is 11.6 Å². The van der Waals surface area contributed by atoms with E-state index in [0.29, 0.717) is 39.7 Å². The Balaban J connectivity index is 1.80. The van der Waals surface area contributed by atoms with Gasteiger partial charge < -0.3 is 4.74 Å². The summed E-state index contributed by atoms with van der Waals surface area (Å²) >= 11 is 6.05. The minimum atomic E-state index is -3.12. The minimum Gasteiger partial charge on any atom is -0.465 e. The van der Waals surface area contributed by atoms with Crippen LogP contribution in [0.15, 0.2) is 30.3 Å². The van der Waals surface area contributed by atoms with Crippen molar-refractivity contribution in [3.8, 4) is 11.3 Å². The van der Waals surface area contributed by atoms with Crippen molar-refractivity contribution < 1.29 is 17.9 Å². The molecule has 1 aliphatic carbocycles. The van der Waals surface area contributed by atoms with Crippen LogP contribution in [0.3, 0.4) is 0 Å². The number of ether oxygens (including phenoxy) is 1. The lowest BCUT2D eigenvalue weighted by Gasteiger charge is -2.11. The second-order valence-corrected chi connectivity index (χ2v) is 10.6. The summed E-state index contributed by atoms with van der Waals surface area (Å²) < 4.78 is 31.0. The number of rotatable bonds is 4. The number of fused-ring (bicyclic) bond motifs is 1. The van der Waals surface area contributed by atoms with Gasteiger partial charge in [-0.25, -0.2) is 22.9 Å². The number of hydrogen-bond acceptors (Lipinski definition) is 6. The van der Waals surface area contributed by atoms with Gasteiger partial charge in [-0.2, -0.15) is 5.10 Å². The Kier molecular flexibility index (Phi) is 4.59. The van der Waals surface area contributed by atoms with Crippen LogP contribution in [0.1, 0.15) is 47.3 Å². The molecule has 0 amide bonds. The molecule has 30 heavy (non-hydrogen) atoms. The first kappa shape index (κ1) is 19.5. The van der Waals surface area contributed by atoms with Crippen molar-refractivity contribution in [2.24, 2.45) is 0 Å². The summed E-state index contributed by atoms with van der Waals surface area (Å²) in [5.41, 5.74) is 3.11. The molecule has 2 fully saturated rings. The van der Waals surface area contributed by atoms with E-state index in [0.717, 1.165) is 24.1 Å². The molecule has 0 bridgehead atoms. The van der Waals surface area contributed by atoms with Crippen molar-refractivity contribution in [3.05, 3.63) is 46.6 Å². The van der Waals surface area contributed by atoms with Gasteiger partial charge in [-0.1, -0.05) is 23.7 Å². The normalized spacial score (nSPS) is 20.5. The van der Waals surface area contributed by atoms with Gasteiger partial charge in [0.05, 0.1) is 35.6 Å². The molecule has 0 spiro atoms. The molecule has 1 aliphatic heterocycles. The molecule has 2 aliphatic rings. The lowest BCUT2D eigenvalue weighted by Crippen LogP contribution is -2.13. The molecule has 0 unspecified atom stereocenters. The van der Waals surface area contributed by atoms with Crippen LogP contribution in [0.25, 0.3) is 22.3 Å². The Morgan fingerprint density at radius 1 is 1.20 bits per heavy atom. The maximum Gasteiger partial charge on any atom is 0.338 e. The van der Waals surface area contributed by atoms with Gasteiger partial charge in [0.2, 0.25) is 0 Å². The number of pyridine rings is 1. The van der Waals surface area contributed by atoms with Crippen LogP contribution in [0.5, 0.6) is 0 Å². The summed E-state index contributed by atoms with van der Waals surface area (Å²) in [7, 11) is -1.77. The van der Waals surface area contributed by atoms with E-state index in [4.69, 9.17) is 26.4 Å². The number of nitrogens with zero attached hydrogens (tertiary/aromatic N) is 3. The lowest BCUT2D eigenvalue weighted by atomic mass is 10.0. The van der Waals surface area contributed by atoms with Crippen LogP contribution < -0.4 is 0 Å². The quantitative estimate of drug-likeness (QED) is 0.567. The Bertz CT molecular complexity index is 1260. The zero-order valence-corrected chi connectivity index (χ0v) is 17.9. The highest BCUT2D eigenvalue weighted by Crippen LogP contribution is 2.42. The first-order chi connectivity index (χ1) is 14.4. The molecule has 2 aromatic heterocycles. The highest BCUT2D eigenvalue weighted by atomic mass is 35.5. The maximum absolute atomic E-state index is 12.7. The van der Waals surface area contributed by atoms with Gasteiger partial charge in [0.25, 0.3) is 0 Å². The number of methoxy groups -OCH3 is 1. The Morgan fingerprint density at radius 3 is 2.53 bits per heavy atom. The number of carbonyl (C=O) groups is 1. The van der Waals surface area contributed by atoms with E-state index >= 15 is 0 Å². The molecular weight excluding hydrogens is 426 g/mol. The number of benzene rings is 1. The van der Waals surface area contributed by atoms with Crippen molar-refractivity contribution in [1.29, 1.82) is 0 Å². The first-order valence-corrected chi connectivity index (χ1v) is 12.0. The summed E-state index contributed by atoms with van der Waals surface area (Å²) in [6.07, 6.45) is 2.52. The van der Waals surface area contributed by atoms with Crippen molar-refractivity contribution in [2.75, 3.05) is 18.6 Å². The molecule has 1 aromatic carbocycles. The third-order valence-corrected chi connectivity index (χ3v) is 7.76. The van der Waals surface area contributed by atoms with Gasteiger partial charge in [-0.05, 0) is 37.5 Å². The number of aromatic nitrogens is 3. The van der Waals surface area contributed by atoms with Crippen molar-refractivity contribution in [2.45, 2.75) is 31.2 Å². The number of esters is 1. The molecule has 3 aromatic rings. The molecule has 1 saturated heterocycles. The monoisotopic (exact) mass is 445 g/mol. The third-order valence-electron chi connectivity index (χ3n) is 5.75. The predicted molar refractivity (Wildman–Crippen MR) is 114 cm³/mol. The van der Waals surface area contributed by atoms with Crippen LogP contribution in [0, 0.1) is 0 Å². The van der Waals surface area contributed by atoms with E-state index in [1.807, 2.05) is 12.1 Å². The van der Waals surface area contributed by atoms with E-state index in [9.17, 15) is 13.2 Å². The molecule has 5 rings (SSSR count). The smallest absolute Gasteiger partial charge is 0.338 e. The minimum absolute atomic E-state index is 0.0206. The highest BCUT2D eigenvalue weighted by Gasteiger charge is 2.34. The Labute approximate surface area is 178 Å². The average Bonchev–Trinajstić information content (AvgIpc) is 3.42. The second kappa shape index (κ2) is 7.06. The van der Waals surface area contributed by atoms with Crippen LogP contribution in [-0.2, 0) is 14.6 Å². The van der Waals surface area contributed by atoms with Gasteiger partial charge in [0, 0.05) is 22.2 Å². The highest BCUT2D eigenvalue weighted by molar-refractivity contribution is 7.91. The zero-order valence-electron chi connectivity index (χ0n) is 16.3. The van der Waals surface area contributed by atoms with E-state index in [2.05, 4.69) is 0 Å². The Morgan fingerprint density at radius 2 is 1.93 bits per heavy atom. The molecule has 156 valence electrons. The fraction of sp³-hybridized carbons (Fsp3) is 0.381. The molecule has 1 atom stereocenters. The largest absolute Gasteiger partial charge is 0.465 e. The number of sulfone groups is 1. The lowest BCUT2D eigenvalue weighted by molar-refractivity contribution is 0.0602. The first-order valence-electron chi connectivity index (χ1n) is 9.84. The van der Waals surface area contributed by atoms with Gasteiger partial charge in [0.1, 0.15) is 5.69 Å². The predicted octanol–water partition coefficient (Wildman–Crippen LogP) is 3.78. The fourth-order valence-corrected chi connectivity index (χ4v) is 5.87. The molecular formula is C21H20ClN3O4S. The molecule has 9 heteroatoms. The van der Waals surface area contributed by atoms with Gasteiger partial charge >= 0.3 is 5.97 Å². The van der Waals surface area contributed by atoms with Crippen molar-refractivity contribution in [3.63, 3.8) is 0 Å². The average molecular weight is 446 g/mol. The second-order valence-electron chi connectivity index (χ2n) is 7.92. The summed E-state index contributed by atoms with van der Waals surface area (Å²) in [6, 6.07) is 8.65. The van der Waals surface area contributed by atoms with Gasteiger partial charge in [0.15, 0.2) is 15.5 Å². The number of hydrogen-bond donors (Lipinski definition) is 0. The van der Waals surface area contributed by atoms with Crippen molar-refractivity contribution in [1.82, 2.24) is 14.8 Å². The van der Waals surface area contributed by atoms with E-state index in [1.54, 1.807) is 22.9 Å². The van der Waals surface area contributed by atoms with Gasteiger partial charge in [-0.15, -0.1) is 0 Å². The summed E-state index contributed by atoms with van der Waals surface area (Å²) in [5, 5.41) is 5.94. The summed E-state index contributed by atoms with van der Waals surface area (Å²) in [6.45, 7) is 0. The molecule has 3 heterocycles. The molecule has 0 radical (unpaired) electrons.